The number of anilines is 1. The highest BCUT2D eigenvalue weighted by Gasteiger charge is 2.25. The predicted octanol–water partition coefficient (Wildman–Crippen LogP) is 4.43. The Hall–Kier alpha value is -1.98. The molecule has 0 aliphatic heterocycles. The molecule has 0 aliphatic carbocycles. The lowest BCUT2D eigenvalue weighted by Gasteiger charge is -2.22. The molecule has 5 heteroatoms. The number of amides is 1. The van der Waals surface area contributed by atoms with E-state index in [9.17, 15) is 9.90 Å². The quantitative estimate of drug-likeness (QED) is 0.718. The Morgan fingerprint density at radius 3 is 2.50 bits per heavy atom. The second-order valence-electron chi connectivity index (χ2n) is 6.62. The summed E-state index contributed by atoms with van der Waals surface area (Å²) in [6, 6.07) is 15.2. The number of ether oxygens (including phenoxy) is 1. The molecule has 0 saturated heterocycles. The molecular weight excluding hydrogens is 346 g/mol. The van der Waals surface area contributed by atoms with Crippen LogP contribution in [0.25, 0.3) is 0 Å². The first-order valence-electron chi connectivity index (χ1n) is 8.72. The highest BCUT2D eigenvalue weighted by Crippen LogP contribution is 2.29. The van der Waals surface area contributed by atoms with E-state index >= 15 is 0 Å². The third-order valence-electron chi connectivity index (χ3n) is 4.09. The maximum absolute atomic E-state index is 12.8. The van der Waals surface area contributed by atoms with Crippen LogP contribution in [0.15, 0.2) is 48.5 Å². The number of aryl methyl sites for hydroxylation is 1. The van der Waals surface area contributed by atoms with Gasteiger partial charge < -0.3 is 15.2 Å². The molecule has 0 heterocycles. The van der Waals surface area contributed by atoms with Crippen molar-refractivity contribution in [3.63, 3.8) is 0 Å². The van der Waals surface area contributed by atoms with Gasteiger partial charge in [-0.2, -0.15) is 0 Å². The average Bonchev–Trinajstić information content (AvgIpc) is 2.62. The minimum atomic E-state index is -0.594. The van der Waals surface area contributed by atoms with Crippen molar-refractivity contribution in [1.82, 2.24) is 0 Å². The number of thioether (sulfide) groups is 1. The SMILES string of the molecule is COc1ccc(C)cc1NC(=O)C(SCC(O)c1ccccc1)C(C)C. The van der Waals surface area contributed by atoms with Crippen LogP contribution in [0.1, 0.15) is 31.1 Å². The van der Waals surface area contributed by atoms with Crippen molar-refractivity contribution in [1.29, 1.82) is 0 Å². The minimum Gasteiger partial charge on any atom is -0.495 e. The summed E-state index contributed by atoms with van der Waals surface area (Å²) >= 11 is 1.47. The van der Waals surface area contributed by atoms with Gasteiger partial charge in [-0.3, -0.25) is 4.79 Å². The fourth-order valence-electron chi connectivity index (χ4n) is 2.66. The first-order valence-corrected chi connectivity index (χ1v) is 9.77. The number of hydrogen-bond donors (Lipinski definition) is 2. The maximum atomic E-state index is 12.8. The molecule has 140 valence electrons. The van der Waals surface area contributed by atoms with Gasteiger partial charge >= 0.3 is 0 Å². The predicted molar refractivity (Wildman–Crippen MR) is 109 cm³/mol. The van der Waals surface area contributed by atoms with Crippen LogP contribution in [0.5, 0.6) is 5.75 Å². The molecule has 2 rings (SSSR count). The van der Waals surface area contributed by atoms with E-state index in [0.717, 1.165) is 11.1 Å². The highest BCUT2D eigenvalue weighted by atomic mass is 32.2. The normalized spacial score (nSPS) is 13.3. The van der Waals surface area contributed by atoms with Crippen LogP contribution in [0, 0.1) is 12.8 Å². The summed E-state index contributed by atoms with van der Waals surface area (Å²) in [6.45, 7) is 6.00. The first kappa shape index (κ1) is 20.3. The van der Waals surface area contributed by atoms with E-state index < -0.39 is 6.10 Å². The number of benzene rings is 2. The fourth-order valence-corrected chi connectivity index (χ4v) is 3.84. The molecule has 0 saturated carbocycles. The highest BCUT2D eigenvalue weighted by molar-refractivity contribution is 8.00. The van der Waals surface area contributed by atoms with Gasteiger partial charge in [0.25, 0.3) is 0 Å². The standard InChI is InChI=1S/C21H27NO3S/c1-14(2)20(26-13-18(23)16-8-6-5-7-9-16)21(24)22-17-12-15(3)10-11-19(17)25-4/h5-12,14,18,20,23H,13H2,1-4H3,(H,22,24). The van der Waals surface area contributed by atoms with Gasteiger partial charge in [-0.1, -0.05) is 50.2 Å². The topological polar surface area (TPSA) is 58.6 Å². The van der Waals surface area contributed by atoms with Crippen molar-refractivity contribution in [2.45, 2.75) is 32.1 Å². The number of carbonyl (C=O) groups excluding carboxylic acids is 1. The number of carbonyl (C=O) groups is 1. The van der Waals surface area contributed by atoms with E-state index in [1.54, 1.807) is 7.11 Å². The molecule has 0 aliphatic rings. The molecule has 1 amide bonds. The van der Waals surface area contributed by atoms with E-state index in [1.807, 2.05) is 69.3 Å². The van der Waals surface area contributed by atoms with E-state index in [2.05, 4.69) is 5.32 Å². The summed E-state index contributed by atoms with van der Waals surface area (Å²) in [4.78, 5) is 12.8. The number of rotatable bonds is 8. The molecule has 2 atom stereocenters. The zero-order valence-corrected chi connectivity index (χ0v) is 16.5. The fraction of sp³-hybridized carbons (Fsp3) is 0.381. The smallest absolute Gasteiger partial charge is 0.237 e. The van der Waals surface area contributed by atoms with Gasteiger partial charge in [0.15, 0.2) is 0 Å². The first-order chi connectivity index (χ1) is 12.4. The molecule has 0 bridgehead atoms. The third kappa shape index (κ3) is 5.51. The Labute approximate surface area is 160 Å². The van der Waals surface area contributed by atoms with Gasteiger partial charge in [-0.25, -0.2) is 0 Å². The van der Waals surface area contributed by atoms with Gasteiger partial charge in [0.2, 0.25) is 5.91 Å². The molecule has 2 aromatic carbocycles. The van der Waals surface area contributed by atoms with Crippen molar-refractivity contribution in [3.05, 3.63) is 59.7 Å². The van der Waals surface area contributed by atoms with Crippen LogP contribution >= 0.6 is 11.8 Å². The Morgan fingerprint density at radius 2 is 1.88 bits per heavy atom. The van der Waals surface area contributed by atoms with Crippen molar-refractivity contribution in [2.75, 3.05) is 18.2 Å². The summed E-state index contributed by atoms with van der Waals surface area (Å²) in [5.74, 6) is 1.17. The zero-order valence-electron chi connectivity index (χ0n) is 15.7. The minimum absolute atomic E-state index is 0.0749. The number of aliphatic hydroxyl groups excluding tert-OH is 1. The zero-order chi connectivity index (χ0) is 19.1. The van der Waals surface area contributed by atoms with Crippen molar-refractivity contribution in [2.24, 2.45) is 5.92 Å². The lowest BCUT2D eigenvalue weighted by atomic mass is 10.1. The molecule has 2 aromatic rings. The van der Waals surface area contributed by atoms with Crippen LogP contribution in [-0.2, 0) is 4.79 Å². The molecule has 2 unspecified atom stereocenters. The Kier molecular flexibility index (Phi) is 7.54. The summed E-state index contributed by atoms with van der Waals surface area (Å²) in [6.07, 6.45) is -0.594. The second-order valence-corrected chi connectivity index (χ2v) is 7.79. The number of methoxy groups -OCH3 is 1. The lowest BCUT2D eigenvalue weighted by molar-refractivity contribution is -0.116. The number of aliphatic hydroxyl groups is 1. The van der Waals surface area contributed by atoms with Crippen LogP contribution in [0.3, 0.4) is 0 Å². The molecule has 26 heavy (non-hydrogen) atoms. The molecule has 4 nitrogen and oxygen atoms in total. The average molecular weight is 374 g/mol. The molecular formula is C21H27NO3S. The van der Waals surface area contributed by atoms with Gasteiger partial charge in [0.05, 0.1) is 24.2 Å². The molecule has 0 spiro atoms. The third-order valence-corrected chi connectivity index (χ3v) is 5.72. The molecule has 2 N–H and O–H groups in total. The van der Waals surface area contributed by atoms with E-state index in [4.69, 9.17) is 4.74 Å². The van der Waals surface area contributed by atoms with Crippen LogP contribution in [-0.4, -0.2) is 29.1 Å². The Bertz CT molecular complexity index is 718. The van der Waals surface area contributed by atoms with Gasteiger partial charge in [-0.15, -0.1) is 11.8 Å². The van der Waals surface area contributed by atoms with Crippen molar-refractivity contribution < 1.29 is 14.6 Å². The lowest BCUT2D eigenvalue weighted by Crippen LogP contribution is -2.30. The van der Waals surface area contributed by atoms with Gasteiger partial charge in [-0.05, 0) is 36.1 Å². The van der Waals surface area contributed by atoms with E-state index in [1.165, 1.54) is 11.8 Å². The summed E-state index contributed by atoms with van der Waals surface area (Å²) in [5.41, 5.74) is 2.59. The Morgan fingerprint density at radius 1 is 1.19 bits per heavy atom. The van der Waals surface area contributed by atoms with Crippen LogP contribution in [0.4, 0.5) is 5.69 Å². The van der Waals surface area contributed by atoms with E-state index in [0.29, 0.717) is 17.2 Å². The van der Waals surface area contributed by atoms with Crippen molar-refractivity contribution in [3.8, 4) is 5.75 Å². The maximum Gasteiger partial charge on any atom is 0.237 e. The van der Waals surface area contributed by atoms with Crippen molar-refractivity contribution >= 4 is 23.4 Å². The molecule has 0 radical (unpaired) electrons. The second kappa shape index (κ2) is 9.64. The number of hydrogen-bond acceptors (Lipinski definition) is 4. The number of nitrogens with one attached hydrogen (secondary N) is 1. The largest absolute Gasteiger partial charge is 0.495 e. The summed E-state index contributed by atoms with van der Waals surface area (Å²) < 4.78 is 5.34. The van der Waals surface area contributed by atoms with Gasteiger partial charge in [0, 0.05) is 5.75 Å². The monoisotopic (exact) mass is 373 g/mol. The van der Waals surface area contributed by atoms with Crippen LogP contribution < -0.4 is 10.1 Å². The Balaban J connectivity index is 2.05. The molecule has 0 aromatic heterocycles. The van der Waals surface area contributed by atoms with E-state index in [-0.39, 0.29) is 17.1 Å². The summed E-state index contributed by atoms with van der Waals surface area (Å²) in [7, 11) is 1.59. The molecule has 0 fully saturated rings. The summed E-state index contributed by atoms with van der Waals surface area (Å²) in [5, 5.41) is 13.1. The van der Waals surface area contributed by atoms with Gasteiger partial charge in [0.1, 0.15) is 5.75 Å². The van der Waals surface area contributed by atoms with Crippen LogP contribution in [0.2, 0.25) is 0 Å².